The van der Waals surface area contributed by atoms with Crippen LogP contribution in [0.1, 0.15) is 24.5 Å². The lowest BCUT2D eigenvalue weighted by Gasteiger charge is -2.06. The molecule has 1 aromatic carbocycles. The molecule has 0 aliphatic rings. The van der Waals surface area contributed by atoms with Gasteiger partial charge in [-0.25, -0.2) is 8.78 Å². The molecule has 0 saturated carbocycles. The third-order valence-corrected chi connectivity index (χ3v) is 2.55. The lowest BCUT2D eigenvalue weighted by atomic mass is 10.0. The summed E-state index contributed by atoms with van der Waals surface area (Å²) >= 11 is 0. The van der Waals surface area contributed by atoms with E-state index in [0.717, 1.165) is 18.5 Å². The highest BCUT2D eigenvalue weighted by atomic mass is 19.2. The normalized spacial score (nSPS) is 11.9. The van der Waals surface area contributed by atoms with Crippen LogP contribution in [0, 0.1) is 18.6 Å². The molecule has 0 amide bonds. The molecule has 0 bridgehead atoms. The van der Waals surface area contributed by atoms with E-state index >= 15 is 0 Å². The van der Waals surface area contributed by atoms with E-state index in [4.69, 9.17) is 0 Å². The van der Waals surface area contributed by atoms with Gasteiger partial charge in [-0.15, -0.1) is 0 Å². The van der Waals surface area contributed by atoms with Crippen molar-refractivity contribution in [3.05, 3.63) is 41.0 Å². The van der Waals surface area contributed by atoms with Crippen LogP contribution >= 0.6 is 0 Å². The highest BCUT2D eigenvalue weighted by Crippen LogP contribution is 2.22. The summed E-state index contributed by atoms with van der Waals surface area (Å²) in [4.78, 5) is 0. The standard InChI is InChI=1S/C13H17F2N/c1-9(5-4-8-16-3)11-7-6-10(2)12(14)13(11)15/h5-7,16H,4,8H2,1-3H3/b9-5-. The molecule has 0 radical (unpaired) electrons. The predicted molar refractivity (Wildman–Crippen MR) is 63.3 cm³/mol. The Kier molecular flexibility index (Phi) is 4.62. The molecule has 0 atom stereocenters. The fraction of sp³-hybridized carbons (Fsp3) is 0.385. The van der Waals surface area contributed by atoms with Crippen LogP contribution in [0.3, 0.4) is 0 Å². The van der Waals surface area contributed by atoms with Crippen molar-refractivity contribution < 1.29 is 8.78 Å². The van der Waals surface area contributed by atoms with Crippen LogP contribution in [0.25, 0.3) is 5.57 Å². The highest BCUT2D eigenvalue weighted by molar-refractivity contribution is 5.64. The Bertz CT molecular complexity index is 397. The van der Waals surface area contributed by atoms with Crippen LogP contribution < -0.4 is 5.32 Å². The van der Waals surface area contributed by atoms with Crippen molar-refractivity contribution in [3.8, 4) is 0 Å². The van der Waals surface area contributed by atoms with E-state index in [1.165, 1.54) is 0 Å². The van der Waals surface area contributed by atoms with Gasteiger partial charge in [0.15, 0.2) is 11.6 Å². The van der Waals surface area contributed by atoms with Crippen molar-refractivity contribution in [3.63, 3.8) is 0 Å². The molecule has 1 nitrogen and oxygen atoms in total. The average molecular weight is 225 g/mol. The van der Waals surface area contributed by atoms with Gasteiger partial charge < -0.3 is 5.32 Å². The first-order valence-electron chi connectivity index (χ1n) is 5.34. The number of hydrogen-bond donors (Lipinski definition) is 1. The van der Waals surface area contributed by atoms with Gasteiger partial charge in [0, 0.05) is 5.56 Å². The molecule has 0 saturated heterocycles. The second-order valence-electron chi connectivity index (χ2n) is 3.84. The van der Waals surface area contributed by atoms with Gasteiger partial charge in [0.2, 0.25) is 0 Å². The fourth-order valence-corrected chi connectivity index (χ4v) is 1.49. The Balaban J connectivity index is 2.96. The maximum absolute atomic E-state index is 13.6. The molecule has 0 heterocycles. The molecule has 0 unspecified atom stereocenters. The molecule has 0 fully saturated rings. The Morgan fingerprint density at radius 2 is 2.00 bits per heavy atom. The van der Waals surface area contributed by atoms with E-state index in [0.29, 0.717) is 11.1 Å². The van der Waals surface area contributed by atoms with Crippen LogP contribution in [-0.2, 0) is 0 Å². The molecule has 0 aromatic heterocycles. The number of rotatable bonds is 4. The number of benzene rings is 1. The van der Waals surface area contributed by atoms with Gasteiger partial charge in [-0.2, -0.15) is 0 Å². The molecule has 1 rings (SSSR count). The third kappa shape index (κ3) is 2.89. The predicted octanol–water partition coefficient (Wildman–Crippen LogP) is 3.29. The Morgan fingerprint density at radius 1 is 1.31 bits per heavy atom. The Hall–Kier alpha value is -1.22. The molecule has 1 aromatic rings. The number of halogens is 2. The van der Waals surface area contributed by atoms with E-state index in [9.17, 15) is 8.78 Å². The lowest BCUT2D eigenvalue weighted by molar-refractivity contribution is 0.501. The summed E-state index contributed by atoms with van der Waals surface area (Å²) in [6.45, 7) is 4.18. The lowest BCUT2D eigenvalue weighted by Crippen LogP contribution is -2.06. The van der Waals surface area contributed by atoms with Crippen LogP contribution in [-0.4, -0.2) is 13.6 Å². The Morgan fingerprint density at radius 3 is 2.62 bits per heavy atom. The van der Waals surface area contributed by atoms with E-state index in [1.807, 2.05) is 13.1 Å². The van der Waals surface area contributed by atoms with Gasteiger partial charge in [0.25, 0.3) is 0 Å². The quantitative estimate of drug-likeness (QED) is 0.775. The molecule has 1 N–H and O–H groups in total. The highest BCUT2D eigenvalue weighted by Gasteiger charge is 2.11. The summed E-state index contributed by atoms with van der Waals surface area (Å²) in [5.74, 6) is -1.50. The van der Waals surface area contributed by atoms with E-state index in [2.05, 4.69) is 5.32 Å². The average Bonchev–Trinajstić information content (AvgIpc) is 2.26. The van der Waals surface area contributed by atoms with Crippen molar-refractivity contribution >= 4 is 5.57 Å². The smallest absolute Gasteiger partial charge is 0.166 e. The van der Waals surface area contributed by atoms with E-state index in [-0.39, 0.29) is 0 Å². The van der Waals surface area contributed by atoms with Crippen LogP contribution in [0.4, 0.5) is 8.78 Å². The second-order valence-corrected chi connectivity index (χ2v) is 3.84. The van der Waals surface area contributed by atoms with Crippen molar-refractivity contribution in [2.75, 3.05) is 13.6 Å². The first-order chi connectivity index (χ1) is 7.57. The van der Waals surface area contributed by atoms with Crippen LogP contribution in [0.2, 0.25) is 0 Å². The van der Waals surface area contributed by atoms with Crippen molar-refractivity contribution in [1.82, 2.24) is 5.32 Å². The van der Waals surface area contributed by atoms with Gasteiger partial charge in [0.1, 0.15) is 0 Å². The summed E-state index contributed by atoms with van der Waals surface area (Å²) in [5.41, 5.74) is 1.45. The Labute approximate surface area is 95.2 Å². The molecular weight excluding hydrogens is 208 g/mol. The number of hydrogen-bond acceptors (Lipinski definition) is 1. The molecule has 88 valence electrons. The summed E-state index contributed by atoms with van der Waals surface area (Å²) in [7, 11) is 1.86. The summed E-state index contributed by atoms with van der Waals surface area (Å²) in [6, 6.07) is 3.22. The zero-order valence-electron chi connectivity index (χ0n) is 9.90. The van der Waals surface area contributed by atoms with Gasteiger partial charge in [-0.3, -0.25) is 0 Å². The molecule has 0 aliphatic heterocycles. The monoisotopic (exact) mass is 225 g/mol. The summed E-state index contributed by atoms with van der Waals surface area (Å²) < 4.78 is 26.9. The van der Waals surface area contributed by atoms with Crippen molar-refractivity contribution in [2.45, 2.75) is 20.3 Å². The minimum absolute atomic E-state index is 0.337. The minimum Gasteiger partial charge on any atom is -0.319 e. The third-order valence-electron chi connectivity index (χ3n) is 2.55. The number of nitrogens with one attached hydrogen (secondary N) is 1. The molecule has 3 heteroatoms. The van der Waals surface area contributed by atoms with Gasteiger partial charge >= 0.3 is 0 Å². The maximum atomic E-state index is 13.6. The molecular formula is C13H17F2N. The number of allylic oxidation sites excluding steroid dienone is 1. The second kappa shape index (κ2) is 5.75. The van der Waals surface area contributed by atoms with Gasteiger partial charge in [-0.05, 0) is 45.0 Å². The van der Waals surface area contributed by atoms with Gasteiger partial charge in [-0.1, -0.05) is 18.2 Å². The molecule has 0 spiro atoms. The summed E-state index contributed by atoms with van der Waals surface area (Å²) in [5, 5.41) is 3.00. The largest absolute Gasteiger partial charge is 0.319 e. The van der Waals surface area contributed by atoms with Crippen molar-refractivity contribution in [2.24, 2.45) is 0 Å². The van der Waals surface area contributed by atoms with Crippen LogP contribution in [0.5, 0.6) is 0 Å². The zero-order valence-corrected chi connectivity index (χ0v) is 9.90. The molecule has 0 aliphatic carbocycles. The minimum atomic E-state index is -0.752. The SMILES string of the molecule is CNCC/C=C(/C)c1ccc(C)c(F)c1F. The first kappa shape index (κ1) is 12.8. The van der Waals surface area contributed by atoms with Crippen LogP contribution in [0.15, 0.2) is 18.2 Å². The zero-order chi connectivity index (χ0) is 12.1. The van der Waals surface area contributed by atoms with Crippen molar-refractivity contribution in [1.29, 1.82) is 0 Å². The molecule has 16 heavy (non-hydrogen) atoms. The fourth-order valence-electron chi connectivity index (χ4n) is 1.49. The maximum Gasteiger partial charge on any atom is 0.166 e. The van der Waals surface area contributed by atoms with E-state index in [1.54, 1.807) is 26.0 Å². The summed E-state index contributed by atoms with van der Waals surface area (Å²) in [6.07, 6.45) is 2.71. The van der Waals surface area contributed by atoms with E-state index < -0.39 is 11.6 Å². The topological polar surface area (TPSA) is 12.0 Å². The van der Waals surface area contributed by atoms with Gasteiger partial charge in [0.05, 0.1) is 0 Å². The number of aryl methyl sites for hydroxylation is 1. The first-order valence-corrected chi connectivity index (χ1v) is 5.34.